The van der Waals surface area contributed by atoms with E-state index in [-0.39, 0.29) is 24.0 Å². The summed E-state index contributed by atoms with van der Waals surface area (Å²) in [6.07, 6.45) is 3.60. The van der Waals surface area contributed by atoms with Crippen LogP contribution in [0.15, 0.2) is 29.5 Å². The number of halogens is 1. The van der Waals surface area contributed by atoms with Gasteiger partial charge in [0, 0.05) is 25.5 Å². The molecule has 0 fully saturated rings. The molecule has 0 spiro atoms. The molecule has 1 heterocycles. The van der Waals surface area contributed by atoms with Crippen LogP contribution in [0.2, 0.25) is 0 Å². The summed E-state index contributed by atoms with van der Waals surface area (Å²) in [5.74, 6) is 0.851. The van der Waals surface area contributed by atoms with E-state index in [1.165, 1.54) is 0 Å². The number of pyridine rings is 1. The van der Waals surface area contributed by atoms with E-state index < -0.39 is 0 Å². The molecule has 0 bridgehead atoms. The van der Waals surface area contributed by atoms with Gasteiger partial charge in [-0.3, -0.25) is 4.98 Å². The highest BCUT2D eigenvalue weighted by Gasteiger charge is 1.94. The number of nitrogens with one attached hydrogen (secondary N) is 2. The lowest BCUT2D eigenvalue weighted by Crippen LogP contribution is -2.36. The minimum atomic E-state index is 0. The third-order valence-electron chi connectivity index (χ3n) is 1.83. The van der Waals surface area contributed by atoms with Crippen LogP contribution in [0.1, 0.15) is 19.4 Å². The summed E-state index contributed by atoms with van der Waals surface area (Å²) in [5.41, 5.74) is 1.12. The molecule has 90 valence electrons. The van der Waals surface area contributed by atoms with Crippen molar-refractivity contribution in [3.8, 4) is 0 Å². The van der Waals surface area contributed by atoms with E-state index >= 15 is 0 Å². The van der Waals surface area contributed by atoms with Gasteiger partial charge in [-0.25, -0.2) is 4.99 Å². The molecule has 0 unspecified atom stereocenters. The summed E-state index contributed by atoms with van der Waals surface area (Å²) < 4.78 is 0. The van der Waals surface area contributed by atoms with Crippen molar-refractivity contribution in [3.63, 3.8) is 0 Å². The summed E-state index contributed by atoms with van der Waals surface area (Å²) in [6, 6.07) is 3.94. The molecule has 4 nitrogen and oxygen atoms in total. The second-order valence-corrected chi connectivity index (χ2v) is 3.09. The van der Waals surface area contributed by atoms with Crippen LogP contribution in [-0.2, 0) is 6.54 Å². The minimum absolute atomic E-state index is 0. The number of aliphatic imine (C=N–C) groups is 1. The van der Waals surface area contributed by atoms with E-state index in [2.05, 4.69) is 34.5 Å². The Morgan fingerprint density at radius 3 is 2.50 bits per heavy atom. The van der Waals surface area contributed by atoms with E-state index in [1.54, 1.807) is 6.20 Å². The number of hydrogen-bond acceptors (Lipinski definition) is 2. The predicted molar refractivity (Wildman–Crippen MR) is 78.1 cm³/mol. The van der Waals surface area contributed by atoms with Gasteiger partial charge >= 0.3 is 0 Å². The lowest BCUT2D eigenvalue weighted by Gasteiger charge is -2.08. The van der Waals surface area contributed by atoms with Gasteiger partial charge in [-0.05, 0) is 25.5 Å². The van der Waals surface area contributed by atoms with E-state index in [4.69, 9.17) is 0 Å². The first kappa shape index (κ1) is 15.2. The fourth-order valence-electron chi connectivity index (χ4n) is 1.17. The summed E-state index contributed by atoms with van der Waals surface area (Å²) in [4.78, 5) is 8.47. The van der Waals surface area contributed by atoms with Crippen molar-refractivity contribution in [2.24, 2.45) is 4.99 Å². The molecule has 0 radical (unpaired) electrons. The lowest BCUT2D eigenvalue weighted by molar-refractivity contribution is 0.838. The molecule has 0 aromatic carbocycles. The zero-order valence-electron chi connectivity index (χ0n) is 9.73. The summed E-state index contributed by atoms with van der Waals surface area (Å²) in [6.45, 7) is 6.51. The number of hydrogen-bond donors (Lipinski definition) is 2. The van der Waals surface area contributed by atoms with Gasteiger partial charge in [-0.15, -0.1) is 24.0 Å². The highest BCUT2D eigenvalue weighted by molar-refractivity contribution is 14.0. The Hall–Kier alpha value is -0.850. The molecular formula is C11H19IN4. The normalized spacial score (nSPS) is 8.88. The first-order valence-electron chi connectivity index (χ1n) is 5.28. The molecule has 0 saturated carbocycles. The Morgan fingerprint density at radius 2 is 2.00 bits per heavy atom. The molecule has 0 aliphatic rings. The van der Waals surface area contributed by atoms with E-state index in [0.29, 0.717) is 6.54 Å². The Kier molecular flexibility index (Phi) is 8.88. The molecule has 0 atom stereocenters. The molecule has 1 rings (SSSR count). The van der Waals surface area contributed by atoms with Crippen LogP contribution < -0.4 is 10.6 Å². The van der Waals surface area contributed by atoms with Gasteiger partial charge < -0.3 is 10.6 Å². The first-order valence-corrected chi connectivity index (χ1v) is 5.28. The minimum Gasteiger partial charge on any atom is -0.357 e. The summed E-state index contributed by atoms with van der Waals surface area (Å²) in [5, 5.41) is 6.34. The smallest absolute Gasteiger partial charge is 0.191 e. The average molecular weight is 334 g/mol. The number of guanidine groups is 1. The Balaban J connectivity index is 0.00000225. The third kappa shape index (κ3) is 5.89. The Labute approximate surface area is 114 Å². The van der Waals surface area contributed by atoms with Crippen LogP contribution in [0.25, 0.3) is 0 Å². The van der Waals surface area contributed by atoms with Gasteiger partial charge in [0.2, 0.25) is 0 Å². The van der Waals surface area contributed by atoms with Crippen molar-refractivity contribution in [2.45, 2.75) is 20.4 Å². The zero-order chi connectivity index (χ0) is 10.9. The van der Waals surface area contributed by atoms with Crippen LogP contribution in [0.4, 0.5) is 0 Å². The molecule has 2 N–H and O–H groups in total. The van der Waals surface area contributed by atoms with Gasteiger partial charge in [-0.2, -0.15) is 0 Å². The molecule has 5 heteroatoms. The van der Waals surface area contributed by atoms with Crippen molar-refractivity contribution >= 4 is 29.9 Å². The highest BCUT2D eigenvalue weighted by atomic mass is 127. The largest absolute Gasteiger partial charge is 0.357 e. The molecular weight excluding hydrogens is 315 g/mol. The first-order chi connectivity index (χ1) is 7.36. The topological polar surface area (TPSA) is 49.3 Å². The Morgan fingerprint density at radius 1 is 1.31 bits per heavy atom. The van der Waals surface area contributed by atoms with Gasteiger partial charge in [0.1, 0.15) is 0 Å². The summed E-state index contributed by atoms with van der Waals surface area (Å²) in [7, 11) is 0. The number of rotatable bonds is 4. The van der Waals surface area contributed by atoms with E-state index in [0.717, 1.165) is 24.6 Å². The maximum atomic E-state index is 4.43. The fourth-order valence-corrected chi connectivity index (χ4v) is 1.17. The summed E-state index contributed by atoms with van der Waals surface area (Å²) >= 11 is 0. The van der Waals surface area contributed by atoms with Gasteiger partial charge in [0.05, 0.1) is 6.54 Å². The molecule has 0 aliphatic heterocycles. The molecule has 0 amide bonds. The van der Waals surface area contributed by atoms with Crippen molar-refractivity contribution < 1.29 is 0 Å². The number of aromatic nitrogens is 1. The van der Waals surface area contributed by atoms with Crippen molar-refractivity contribution in [1.29, 1.82) is 0 Å². The second kappa shape index (κ2) is 9.38. The maximum Gasteiger partial charge on any atom is 0.191 e. The average Bonchev–Trinajstić information content (AvgIpc) is 2.28. The predicted octanol–water partition coefficient (Wildman–Crippen LogP) is 1.77. The molecule has 0 aliphatic carbocycles. The quantitative estimate of drug-likeness (QED) is 0.501. The highest BCUT2D eigenvalue weighted by Crippen LogP contribution is 1.97. The monoisotopic (exact) mass is 334 g/mol. The van der Waals surface area contributed by atoms with Gasteiger partial charge in [-0.1, -0.05) is 6.07 Å². The number of nitrogens with zero attached hydrogens (tertiary/aromatic N) is 2. The SMILES string of the molecule is CCNC(=NCc1cccnc1)NCC.I. The van der Waals surface area contributed by atoms with Crippen LogP contribution in [0, 0.1) is 0 Å². The van der Waals surface area contributed by atoms with Crippen molar-refractivity contribution in [1.82, 2.24) is 15.6 Å². The van der Waals surface area contributed by atoms with Crippen molar-refractivity contribution in [2.75, 3.05) is 13.1 Å². The molecule has 1 aromatic heterocycles. The fraction of sp³-hybridized carbons (Fsp3) is 0.455. The van der Waals surface area contributed by atoms with Gasteiger partial charge in [0.15, 0.2) is 5.96 Å². The van der Waals surface area contributed by atoms with Crippen LogP contribution in [0.5, 0.6) is 0 Å². The Bertz CT molecular complexity index is 292. The standard InChI is InChI=1S/C11H18N4.HI/c1-3-13-11(14-4-2)15-9-10-6-5-7-12-8-10;/h5-8H,3-4,9H2,1-2H3,(H2,13,14,15);1H. The van der Waals surface area contributed by atoms with E-state index in [1.807, 2.05) is 18.3 Å². The van der Waals surface area contributed by atoms with Gasteiger partial charge in [0.25, 0.3) is 0 Å². The second-order valence-electron chi connectivity index (χ2n) is 3.09. The molecule has 1 aromatic rings. The van der Waals surface area contributed by atoms with Crippen LogP contribution in [0.3, 0.4) is 0 Å². The molecule has 16 heavy (non-hydrogen) atoms. The van der Waals surface area contributed by atoms with Crippen LogP contribution in [-0.4, -0.2) is 24.0 Å². The maximum absolute atomic E-state index is 4.43. The lowest BCUT2D eigenvalue weighted by atomic mass is 10.3. The zero-order valence-corrected chi connectivity index (χ0v) is 12.1. The third-order valence-corrected chi connectivity index (χ3v) is 1.83. The van der Waals surface area contributed by atoms with Crippen molar-refractivity contribution in [3.05, 3.63) is 30.1 Å². The van der Waals surface area contributed by atoms with Crippen LogP contribution >= 0.6 is 24.0 Å². The van der Waals surface area contributed by atoms with E-state index in [9.17, 15) is 0 Å². The molecule has 0 saturated heterocycles.